The Morgan fingerprint density at radius 3 is 2.82 bits per heavy atom. The van der Waals surface area contributed by atoms with E-state index in [0.29, 0.717) is 13.1 Å². The van der Waals surface area contributed by atoms with Crippen LogP contribution < -0.4 is 15.4 Å². The molecule has 3 rings (SSSR count). The highest BCUT2D eigenvalue weighted by Gasteiger charge is 2.06. The maximum Gasteiger partial charge on any atom is 0.191 e. The van der Waals surface area contributed by atoms with Crippen LogP contribution in [0.2, 0.25) is 0 Å². The summed E-state index contributed by atoms with van der Waals surface area (Å²) in [5.41, 5.74) is 2.25. The van der Waals surface area contributed by atoms with Gasteiger partial charge in [-0.3, -0.25) is 9.56 Å². The van der Waals surface area contributed by atoms with Crippen LogP contribution in [0.25, 0.3) is 5.82 Å². The van der Waals surface area contributed by atoms with Crippen molar-refractivity contribution in [3.63, 3.8) is 0 Å². The number of hydrogen-bond donors (Lipinski definition) is 2. The molecule has 3 aromatic rings. The van der Waals surface area contributed by atoms with Gasteiger partial charge < -0.3 is 15.4 Å². The third-order valence-corrected chi connectivity index (χ3v) is 4.15. The Labute approximate surface area is 165 Å². The van der Waals surface area contributed by atoms with Crippen LogP contribution in [0.3, 0.4) is 0 Å². The zero-order chi connectivity index (χ0) is 19.8. The molecule has 7 heteroatoms. The van der Waals surface area contributed by atoms with E-state index >= 15 is 0 Å². The van der Waals surface area contributed by atoms with Gasteiger partial charge in [-0.15, -0.1) is 0 Å². The van der Waals surface area contributed by atoms with Gasteiger partial charge in [0.05, 0.1) is 6.54 Å². The number of aryl methyl sites for hydroxylation is 1. The molecule has 0 bridgehead atoms. The van der Waals surface area contributed by atoms with E-state index in [1.165, 1.54) is 5.56 Å². The Hall–Kier alpha value is -3.35. The predicted octanol–water partition coefficient (Wildman–Crippen LogP) is 2.71. The van der Waals surface area contributed by atoms with Gasteiger partial charge in [0, 0.05) is 32.2 Å². The minimum atomic E-state index is 0.0106. The minimum absolute atomic E-state index is 0.0106. The lowest BCUT2D eigenvalue weighted by Gasteiger charge is -2.18. The Morgan fingerprint density at radius 2 is 2.14 bits per heavy atom. The van der Waals surface area contributed by atoms with E-state index in [9.17, 15) is 0 Å². The van der Waals surface area contributed by atoms with Gasteiger partial charge in [0.2, 0.25) is 0 Å². The van der Waals surface area contributed by atoms with Crippen molar-refractivity contribution in [3.05, 3.63) is 72.4 Å². The summed E-state index contributed by atoms with van der Waals surface area (Å²) in [5, 5.41) is 6.58. The SMILES string of the molecule is CN=C(NCc1ccc(-n2ccnc2)nc1)NCC(C)Oc1cccc(C)c1. The zero-order valence-corrected chi connectivity index (χ0v) is 16.5. The van der Waals surface area contributed by atoms with Gasteiger partial charge in [-0.1, -0.05) is 18.2 Å². The van der Waals surface area contributed by atoms with Gasteiger partial charge in [-0.2, -0.15) is 0 Å². The van der Waals surface area contributed by atoms with Crippen molar-refractivity contribution in [1.82, 2.24) is 25.2 Å². The number of pyridine rings is 1. The van der Waals surface area contributed by atoms with Crippen molar-refractivity contribution in [3.8, 4) is 11.6 Å². The van der Waals surface area contributed by atoms with Gasteiger partial charge in [0.25, 0.3) is 0 Å². The zero-order valence-electron chi connectivity index (χ0n) is 16.5. The molecule has 28 heavy (non-hydrogen) atoms. The number of rotatable bonds is 7. The Bertz CT molecular complexity index is 890. The summed E-state index contributed by atoms with van der Waals surface area (Å²) in [6.07, 6.45) is 7.18. The minimum Gasteiger partial charge on any atom is -0.489 e. The number of guanidine groups is 1. The van der Waals surface area contributed by atoms with Crippen molar-refractivity contribution in [2.75, 3.05) is 13.6 Å². The highest BCUT2D eigenvalue weighted by atomic mass is 16.5. The lowest BCUT2D eigenvalue weighted by Crippen LogP contribution is -2.41. The van der Waals surface area contributed by atoms with Gasteiger partial charge in [-0.25, -0.2) is 9.97 Å². The van der Waals surface area contributed by atoms with Gasteiger partial charge >= 0.3 is 0 Å². The molecule has 0 aliphatic rings. The van der Waals surface area contributed by atoms with Crippen LogP contribution in [0.4, 0.5) is 0 Å². The summed E-state index contributed by atoms with van der Waals surface area (Å²) >= 11 is 0. The first kappa shape index (κ1) is 19.4. The Kier molecular flexibility index (Phi) is 6.62. The average Bonchev–Trinajstić information content (AvgIpc) is 3.23. The normalized spacial score (nSPS) is 12.5. The van der Waals surface area contributed by atoms with Crippen molar-refractivity contribution in [2.45, 2.75) is 26.5 Å². The summed E-state index contributed by atoms with van der Waals surface area (Å²) in [7, 11) is 1.75. The molecule has 146 valence electrons. The van der Waals surface area contributed by atoms with Gasteiger partial charge in [-0.05, 0) is 43.2 Å². The first-order valence-electron chi connectivity index (χ1n) is 9.25. The first-order valence-corrected chi connectivity index (χ1v) is 9.25. The number of nitrogens with one attached hydrogen (secondary N) is 2. The lowest BCUT2D eigenvalue weighted by molar-refractivity contribution is 0.223. The third kappa shape index (κ3) is 5.57. The Balaban J connectivity index is 1.45. The third-order valence-electron chi connectivity index (χ3n) is 4.15. The molecule has 1 unspecified atom stereocenters. The van der Waals surface area contributed by atoms with E-state index in [-0.39, 0.29) is 6.10 Å². The van der Waals surface area contributed by atoms with E-state index in [0.717, 1.165) is 23.1 Å². The molecule has 2 aromatic heterocycles. The number of imidazole rings is 1. The number of aromatic nitrogens is 3. The molecule has 0 saturated heterocycles. The summed E-state index contributed by atoms with van der Waals surface area (Å²) in [5.74, 6) is 2.44. The highest BCUT2D eigenvalue weighted by molar-refractivity contribution is 5.79. The van der Waals surface area contributed by atoms with E-state index in [1.807, 2.05) is 54.2 Å². The van der Waals surface area contributed by atoms with Crippen molar-refractivity contribution in [2.24, 2.45) is 4.99 Å². The second-order valence-corrected chi connectivity index (χ2v) is 6.55. The van der Waals surface area contributed by atoms with Gasteiger partial charge in [0.15, 0.2) is 5.96 Å². The standard InChI is InChI=1S/C21H26N6O/c1-16-5-4-6-19(11-16)28-17(2)12-25-21(22-3)26-14-18-7-8-20(24-13-18)27-10-9-23-15-27/h4-11,13,15,17H,12,14H2,1-3H3,(H2,22,25,26). The Morgan fingerprint density at radius 1 is 1.25 bits per heavy atom. The van der Waals surface area contributed by atoms with Crippen LogP contribution in [-0.4, -0.2) is 40.2 Å². The number of hydrogen-bond acceptors (Lipinski definition) is 4. The second kappa shape index (κ2) is 9.55. The summed E-state index contributed by atoms with van der Waals surface area (Å²) < 4.78 is 7.81. The lowest BCUT2D eigenvalue weighted by atomic mass is 10.2. The van der Waals surface area contributed by atoms with Crippen LogP contribution in [0, 0.1) is 6.92 Å². The fourth-order valence-electron chi connectivity index (χ4n) is 2.68. The topological polar surface area (TPSA) is 76.4 Å². The smallest absolute Gasteiger partial charge is 0.191 e. The molecule has 1 atom stereocenters. The number of nitrogens with zero attached hydrogens (tertiary/aromatic N) is 4. The quantitative estimate of drug-likeness (QED) is 0.488. The molecule has 2 heterocycles. The second-order valence-electron chi connectivity index (χ2n) is 6.55. The van der Waals surface area contributed by atoms with Crippen molar-refractivity contribution >= 4 is 5.96 Å². The fraction of sp³-hybridized carbons (Fsp3) is 0.286. The fourth-order valence-corrected chi connectivity index (χ4v) is 2.68. The van der Waals surface area contributed by atoms with Gasteiger partial charge in [0.1, 0.15) is 24.0 Å². The van der Waals surface area contributed by atoms with Crippen molar-refractivity contribution < 1.29 is 4.74 Å². The monoisotopic (exact) mass is 378 g/mol. The molecule has 7 nitrogen and oxygen atoms in total. The molecule has 1 aromatic carbocycles. The molecule has 0 saturated carbocycles. The summed E-state index contributed by atoms with van der Waals surface area (Å²) in [4.78, 5) is 12.7. The molecule has 0 spiro atoms. The predicted molar refractivity (Wildman–Crippen MR) is 111 cm³/mol. The molecular formula is C21H26N6O. The molecule has 0 aliphatic carbocycles. The van der Waals surface area contributed by atoms with Crippen molar-refractivity contribution in [1.29, 1.82) is 0 Å². The van der Waals surface area contributed by atoms with E-state index < -0.39 is 0 Å². The van der Waals surface area contributed by atoms with Crippen LogP contribution in [0.5, 0.6) is 5.75 Å². The number of ether oxygens (including phenoxy) is 1. The molecule has 0 fully saturated rings. The largest absolute Gasteiger partial charge is 0.489 e. The van der Waals surface area contributed by atoms with Crippen LogP contribution in [-0.2, 0) is 6.54 Å². The van der Waals surface area contributed by atoms with Crippen LogP contribution >= 0.6 is 0 Å². The maximum absolute atomic E-state index is 5.94. The van der Waals surface area contributed by atoms with Crippen LogP contribution in [0.1, 0.15) is 18.1 Å². The number of benzene rings is 1. The average molecular weight is 378 g/mol. The molecule has 0 aliphatic heterocycles. The summed E-state index contributed by atoms with van der Waals surface area (Å²) in [6, 6.07) is 12.1. The molecular weight excluding hydrogens is 352 g/mol. The summed E-state index contributed by atoms with van der Waals surface area (Å²) in [6.45, 7) is 5.36. The molecule has 2 N–H and O–H groups in total. The van der Waals surface area contributed by atoms with E-state index in [2.05, 4.69) is 38.6 Å². The van der Waals surface area contributed by atoms with Crippen LogP contribution in [0.15, 0.2) is 66.3 Å². The molecule has 0 amide bonds. The van der Waals surface area contributed by atoms with E-state index in [4.69, 9.17) is 4.74 Å². The first-order chi connectivity index (χ1) is 13.6. The number of aliphatic imine (C=N–C) groups is 1. The molecule has 0 radical (unpaired) electrons. The highest BCUT2D eigenvalue weighted by Crippen LogP contribution is 2.13. The van der Waals surface area contributed by atoms with E-state index in [1.54, 1.807) is 19.6 Å². The maximum atomic E-state index is 5.94.